The lowest BCUT2D eigenvalue weighted by Crippen LogP contribution is -2.50. The van der Waals surface area contributed by atoms with E-state index in [9.17, 15) is 4.79 Å². The largest absolute Gasteiger partial charge is 0.329 e. The van der Waals surface area contributed by atoms with Crippen molar-refractivity contribution in [2.75, 3.05) is 7.05 Å². The van der Waals surface area contributed by atoms with Crippen LogP contribution in [0.2, 0.25) is 0 Å². The molecular weight excluding hydrogens is 362 g/mol. The lowest BCUT2D eigenvalue weighted by molar-refractivity contribution is 0.0386. The van der Waals surface area contributed by atoms with Gasteiger partial charge in [-0.1, -0.05) is 49.6 Å². The molecule has 3 aromatic rings. The number of aryl methyl sites for hydroxylation is 1. The standard InChI is InChI=1S/C23H27N5O/c1-17-11-10-14-20(18(17)2)28-22(24-25-26-28)23(15-8-5-9-16-23)27(3)21(29)19-12-6-4-7-13-19/h4,6-7,10-14H,5,8-9,15-16H2,1-3H3. The molecule has 150 valence electrons. The van der Waals surface area contributed by atoms with Crippen LogP contribution in [-0.2, 0) is 5.54 Å². The predicted molar refractivity (Wildman–Crippen MR) is 112 cm³/mol. The van der Waals surface area contributed by atoms with Crippen LogP contribution in [0.3, 0.4) is 0 Å². The Hall–Kier alpha value is -3.02. The molecule has 0 N–H and O–H groups in total. The molecule has 1 fully saturated rings. The van der Waals surface area contributed by atoms with Crippen molar-refractivity contribution in [1.82, 2.24) is 25.1 Å². The molecule has 1 heterocycles. The van der Waals surface area contributed by atoms with Gasteiger partial charge >= 0.3 is 0 Å². The molecule has 4 rings (SSSR count). The zero-order chi connectivity index (χ0) is 20.4. The molecule has 1 saturated carbocycles. The molecule has 1 aromatic heterocycles. The summed E-state index contributed by atoms with van der Waals surface area (Å²) in [6.45, 7) is 4.17. The number of benzene rings is 2. The lowest BCUT2D eigenvalue weighted by Gasteiger charge is -2.43. The molecule has 0 spiro atoms. The first-order valence-corrected chi connectivity index (χ1v) is 10.2. The van der Waals surface area contributed by atoms with Crippen molar-refractivity contribution in [1.29, 1.82) is 0 Å². The first-order chi connectivity index (χ1) is 14.0. The molecule has 6 heteroatoms. The summed E-state index contributed by atoms with van der Waals surface area (Å²) in [7, 11) is 1.89. The molecule has 0 unspecified atom stereocenters. The molecular formula is C23H27N5O. The Morgan fingerprint density at radius 3 is 2.45 bits per heavy atom. The van der Waals surface area contributed by atoms with E-state index in [1.807, 2.05) is 59.1 Å². The Labute approximate surface area is 171 Å². The molecule has 0 atom stereocenters. The second-order valence-electron chi connectivity index (χ2n) is 7.96. The summed E-state index contributed by atoms with van der Waals surface area (Å²) in [6.07, 6.45) is 4.97. The van der Waals surface area contributed by atoms with E-state index in [1.54, 1.807) is 0 Å². The Kier molecular flexibility index (Phi) is 5.18. The summed E-state index contributed by atoms with van der Waals surface area (Å²) in [6, 6.07) is 15.6. The molecule has 29 heavy (non-hydrogen) atoms. The number of hydrogen-bond acceptors (Lipinski definition) is 4. The van der Waals surface area contributed by atoms with Crippen molar-refractivity contribution >= 4 is 5.91 Å². The zero-order valence-electron chi connectivity index (χ0n) is 17.3. The smallest absolute Gasteiger partial charge is 0.254 e. The van der Waals surface area contributed by atoms with Gasteiger partial charge in [-0.2, -0.15) is 4.68 Å². The molecule has 1 aliphatic rings. The number of amides is 1. The Morgan fingerprint density at radius 1 is 1.00 bits per heavy atom. The van der Waals surface area contributed by atoms with E-state index in [0.717, 1.165) is 42.8 Å². The van der Waals surface area contributed by atoms with Crippen molar-refractivity contribution in [3.8, 4) is 5.69 Å². The van der Waals surface area contributed by atoms with Gasteiger partial charge in [0.1, 0.15) is 5.54 Å². The number of carbonyl (C=O) groups excluding carboxylic acids is 1. The highest BCUT2D eigenvalue weighted by Crippen LogP contribution is 2.42. The van der Waals surface area contributed by atoms with Crippen LogP contribution >= 0.6 is 0 Å². The van der Waals surface area contributed by atoms with Crippen LogP contribution in [-0.4, -0.2) is 38.1 Å². The zero-order valence-corrected chi connectivity index (χ0v) is 17.3. The number of aromatic nitrogens is 4. The molecule has 6 nitrogen and oxygen atoms in total. The van der Waals surface area contributed by atoms with Crippen LogP contribution < -0.4 is 0 Å². The molecule has 2 aromatic carbocycles. The van der Waals surface area contributed by atoms with E-state index >= 15 is 0 Å². The van der Waals surface area contributed by atoms with Crippen molar-refractivity contribution in [3.05, 3.63) is 71.0 Å². The highest BCUT2D eigenvalue weighted by atomic mass is 16.2. The minimum absolute atomic E-state index is 0.00279. The third-order valence-corrected chi connectivity index (χ3v) is 6.34. The first-order valence-electron chi connectivity index (χ1n) is 10.2. The molecule has 0 saturated heterocycles. The highest BCUT2D eigenvalue weighted by molar-refractivity contribution is 5.94. The fourth-order valence-corrected chi connectivity index (χ4v) is 4.42. The van der Waals surface area contributed by atoms with E-state index in [-0.39, 0.29) is 5.91 Å². The Balaban J connectivity index is 1.82. The number of rotatable bonds is 4. The molecule has 1 amide bonds. The van der Waals surface area contributed by atoms with Gasteiger partial charge in [0, 0.05) is 12.6 Å². The van der Waals surface area contributed by atoms with Gasteiger partial charge in [-0.25, -0.2) is 0 Å². The summed E-state index contributed by atoms with van der Waals surface area (Å²) < 4.78 is 1.84. The minimum Gasteiger partial charge on any atom is -0.329 e. The van der Waals surface area contributed by atoms with Crippen molar-refractivity contribution in [3.63, 3.8) is 0 Å². The first kappa shape index (κ1) is 19.3. The van der Waals surface area contributed by atoms with Gasteiger partial charge in [0.15, 0.2) is 5.82 Å². The van der Waals surface area contributed by atoms with Crippen LogP contribution in [0.1, 0.15) is 59.4 Å². The van der Waals surface area contributed by atoms with Crippen LogP contribution in [0.4, 0.5) is 0 Å². The lowest BCUT2D eigenvalue weighted by atomic mass is 9.79. The fraction of sp³-hybridized carbons (Fsp3) is 0.391. The van der Waals surface area contributed by atoms with E-state index in [4.69, 9.17) is 0 Å². The summed E-state index contributed by atoms with van der Waals surface area (Å²) in [5, 5.41) is 12.8. The number of hydrogen-bond donors (Lipinski definition) is 0. The average Bonchev–Trinajstić information content (AvgIpc) is 3.26. The van der Waals surface area contributed by atoms with Crippen LogP contribution in [0, 0.1) is 13.8 Å². The second-order valence-corrected chi connectivity index (χ2v) is 7.96. The van der Waals surface area contributed by atoms with Crippen LogP contribution in [0.15, 0.2) is 48.5 Å². The summed E-state index contributed by atoms with van der Waals surface area (Å²) in [5.41, 5.74) is 3.46. The van der Waals surface area contributed by atoms with Crippen LogP contribution in [0.5, 0.6) is 0 Å². The maximum absolute atomic E-state index is 13.4. The third-order valence-electron chi connectivity index (χ3n) is 6.34. The van der Waals surface area contributed by atoms with Gasteiger partial charge in [0.05, 0.1) is 5.69 Å². The quantitative estimate of drug-likeness (QED) is 0.670. The third kappa shape index (κ3) is 3.33. The highest BCUT2D eigenvalue weighted by Gasteiger charge is 2.45. The Morgan fingerprint density at radius 2 is 1.72 bits per heavy atom. The SMILES string of the molecule is Cc1cccc(-n2nnnc2C2(N(C)C(=O)c3ccccc3)CCCCC2)c1C. The van der Waals surface area contributed by atoms with Crippen molar-refractivity contribution in [2.24, 2.45) is 0 Å². The second kappa shape index (κ2) is 7.78. The maximum atomic E-state index is 13.4. The number of tetrazole rings is 1. The van der Waals surface area contributed by atoms with E-state index in [1.165, 1.54) is 12.0 Å². The molecule has 0 radical (unpaired) electrons. The van der Waals surface area contributed by atoms with Crippen molar-refractivity contribution < 1.29 is 4.79 Å². The molecule has 0 bridgehead atoms. The van der Waals surface area contributed by atoms with Gasteiger partial charge in [0.2, 0.25) is 0 Å². The monoisotopic (exact) mass is 389 g/mol. The van der Waals surface area contributed by atoms with Gasteiger partial charge in [0.25, 0.3) is 5.91 Å². The van der Waals surface area contributed by atoms with Crippen LogP contribution in [0.25, 0.3) is 5.69 Å². The fourth-order valence-electron chi connectivity index (χ4n) is 4.42. The summed E-state index contributed by atoms with van der Waals surface area (Å²) in [4.78, 5) is 15.2. The maximum Gasteiger partial charge on any atom is 0.254 e. The number of carbonyl (C=O) groups is 1. The number of nitrogens with zero attached hydrogens (tertiary/aromatic N) is 5. The van der Waals surface area contributed by atoms with E-state index in [0.29, 0.717) is 5.56 Å². The topological polar surface area (TPSA) is 63.9 Å². The minimum atomic E-state index is -0.523. The average molecular weight is 390 g/mol. The van der Waals surface area contributed by atoms with Gasteiger partial charge < -0.3 is 4.90 Å². The van der Waals surface area contributed by atoms with Gasteiger partial charge in [-0.3, -0.25) is 4.79 Å². The summed E-state index contributed by atoms with van der Waals surface area (Å²) >= 11 is 0. The van der Waals surface area contributed by atoms with E-state index in [2.05, 4.69) is 35.4 Å². The van der Waals surface area contributed by atoms with Gasteiger partial charge in [-0.05, 0) is 66.4 Å². The molecule has 1 aliphatic carbocycles. The normalized spacial score (nSPS) is 15.8. The Bertz CT molecular complexity index is 1010. The predicted octanol–water partition coefficient (Wildman–Crippen LogP) is 4.21. The van der Waals surface area contributed by atoms with Gasteiger partial charge in [-0.15, -0.1) is 5.10 Å². The summed E-state index contributed by atoms with van der Waals surface area (Å²) in [5.74, 6) is 0.751. The van der Waals surface area contributed by atoms with E-state index < -0.39 is 5.54 Å². The van der Waals surface area contributed by atoms with Crippen molar-refractivity contribution in [2.45, 2.75) is 51.5 Å². The molecule has 0 aliphatic heterocycles.